The van der Waals surface area contributed by atoms with Gasteiger partial charge in [-0.3, -0.25) is 0 Å². The molecule has 0 radical (unpaired) electrons. The van der Waals surface area contributed by atoms with Gasteiger partial charge < -0.3 is 0 Å². The van der Waals surface area contributed by atoms with E-state index in [1.807, 2.05) is 0 Å². The summed E-state index contributed by atoms with van der Waals surface area (Å²) in [5.74, 6) is 0. The Morgan fingerprint density at radius 2 is 0.854 bits per heavy atom. The molecule has 0 spiro atoms. The van der Waals surface area contributed by atoms with Crippen molar-refractivity contribution in [2.24, 2.45) is 0 Å². The van der Waals surface area contributed by atoms with Gasteiger partial charge in [-0.15, -0.1) is 0 Å². The molecule has 0 unspecified atom stereocenters. The average Bonchev–Trinajstić information content (AvgIpc) is 3.36. The van der Waals surface area contributed by atoms with Crippen LogP contribution in [0.4, 0.5) is 0 Å². The van der Waals surface area contributed by atoms with Gasteiger partial charge in [0.2, 0.25) is 0 Å². The van der Waals surface area contributed by atoms with E-state index in [1.165, 1.54) is 77.9 Å². The first kappa shape index (κ1) is 26.5. The smallest absolute Gasteiger partial charge is 0.00134 e. The van der Waals surface area contributed by atoms with Crippen LogP contribution in [0.3, 0.4) is 0 Å². The van der Waals surface area contributed by atoms with E-state index in [0.717, 1.165) is 6.42 Å². The summed E-state index contributed by atoms with van der Waals surface area (Å²) in [4.78, 5) is 0. The van der Waals surface area contributed by atoms with Gasteiger partial charge in [0, 0.05) is 0 Å². The maximum Gasteiger partial charge on any atom is -0.00134 e. The Bertz CT molecular complexity index is 1850. The molecular weight excluding hydrogens is 492 g/mol. The van der Waals surface area contributed by atoms with E-state index in [9.17, 15) is 0 Å². The summed E-state index contributed by atoms with van der Waals surface area (Å²) in [5, 5.41) is 0. The minimum atomic E-state index is 1.07. The average molecular weight is 529 g/mol. The quantitative estimate of drug-likeness (QED) is 0.214. The summed E-state index contributed by atoms with van der Waals surface area (Å²) in [6, 6.07) is 48.4. The van der Waals surface area contributed by atoms with E-state index in [4.69, 9.17) is 0 Å². The Kier molecular flexibility index (Phi) is 7.40. The fourth-order valence-corrected chi connectivity index (χ4v) is 5.92. The molecule has 6 aromatic rings. The van der Waals surface area contributed by atoms with Crippen molar-refractivity contribution in [3.05, 3.63) is 167 Å². The summed E-state index contributed by atoms with van der Waals surface area (Å²) in [6.07, 6.45) is 1.07. The number of aryl methyl sites for hydroxylation is 4. The van der Waals surface area contributed by atoms with Crippen molar-refractivity contribution in [1.82, 2.24) is 0 Å². The first-order chi connectivity index (χ1) is 20.0. The minimum Gasteiger partial charge on any atom is -0.0620 e. The van der Waals surface area contributed by atoms with Gasteiger partial charge in [-0.25, -0.2) is 0 Å². The summed E-state index contributed by atoms with van der Waals surface area (Å²) in [7, 11) is 0. The highest BCUT2D eigenvalue weighted by Crippen LogP contribution is 2.39. The molecule has 41 heavy (non-hydrogen) atoms. The van der Waals surface area contributed by atoms with Gasteiger partial charge in [0.25, 0.3) is 0 Å². The zero-order chi connectivity index (χ0) is 28.3. The fraction of sp³-hybridized carbons (Fsp3) is 0.122. The van der Waals surface area contributed by atoms with Gasteiger partial charge in [-0.2, -0.15) is 0 Å². The van der Waals surface area contributed by atoms with E-state index < -0.39 is 0 Å². The third-order valence-electron chi connectivity index (χ3n) is 8.17. The third-order valence-corrected chi connectivity index (χ3v) is 8.17. The predicted octanol–water partition coefficient (Wildman–Crippen LogP) is 11.2. The molecule has 0 nitrogen and oxygen atoms in total. The molecule has 0 heteroatoms. The van der Waals surface area contributed by atoms with Crippen LogP contribution in [0.5, 0.6) is 0 Å². The van der Waals surface area contributed by atoms with Crippen LogP contribution in [0.1, 0.15) is 33.4 Å². The number of rotatable bonds is 3. The number of hydrogen-bond acceptors (Lipinski definition) is 0. The molecule has 200 valence electrons. The van der Waals surface area contributed by atoms with Crippen LogP contribution in [0, 0.1) is 27.7 Å². The third kappa shape index (κ3) is 5.65. The van der Waals surface area contributed by atoms with Gasteiger partial charge in [-0.1, -0.05) is 132 Å². The second-order valence-electron chi connectivity index (χ2n) is 11.3. The summed E-state index contributed by atoms with van der Waals surface area (Å²) < 4.78 is 0. The van der Waals surface area contributed by atoms with Gasteiger partial charge in [0.15, 0.2) is 0 Å². The van der Waals surface area contributed by atoms with Crippen molar-refractivity contribution < 1.29 is 0 Å². The minimum absolute atomic E-state index is 1.07. The number of hydrogen-bond donors (Lipinski definition) is 0. The highest BCUT2D eigenvalue weighted by atomic mass is 14.2. The molecule has 1 aliphatic carbocycles. The molecule has 0 heterocycles. The Morgan fingerprint density at radius 1 is 0.341 bits per heavy atom. The molecule has 1 aliphatic rings. The lowest BCUT2D eigenvalue weighted by atomic mass is 9.92. The van der Waals surface area contributed by atoms with Crippen LogP contribution in [-0.4, -0.2) is 0 Å². The lowest BCUT2D eigenvalue weighted by Gasteiger charge is -2.12. The maximum absolute atomic E-state index is 2.34. The lowest BCUT2D eigenvalue weighted by Crippen LogP contribution is -1.88. The Balaban J connectivity index is 0.000000148. The van der Waals surface area contributed by atoms with E-state index >= 15 is 0 Å². The molecule has 0 fully saturated rings. The van der Waals surface area contributed by atoms with Crippen LogP contribution in [-0.2, 0) is 6.42 Å². The van der Waals surface area contributed by atoms with Gasteiger partial charge in [0.05, 0.1) is 0 Å². The summed E-state index contributed by atoms with van der Waals surface area (Å²) >= 11 is 0. The van der Waals surface area contributed by atoms with Crippen LogP contribution in [0.25, 0.3) is 44.5 Å². The Morgan fingerprint density at radius 3 is 1.51 bits per heavy atom. The highest BCUT2D eigenvalue weighted by Gasteiger charge is 2.18. The summed E-state index contributed by atoms with van der Waals surface area (Å²) in [6.45, 7) is 8.64. The predicted molar refractivity (Wildman–Crippen MR) is 176 cm³/mol. The fourth-order valence-electron chi connectivity index (χ4n) is 5.92. The van der Waals surface area contributed by atoms with Gasteiger partial charge >= 0.3 is 0 Å². The van der Waals surface area contributed by atoms with Crippen LogP contribution in [0.2, 0.25) is 0 Å². The van der Waals surface area contributed by atoms with Crippen molar-refractivity contribution in [3.63, 3.8) is 0 Å². The normalized spacial score (nSPS) is 11.3. The standard InChI is InChI=1S/C21H20.C20H16/c1-15-7-6-9-18(13-15)19-12-11-17(3)21(14-19)20-10-5-4-8-16(20)2;1-14-5-4-7-15(11-14)16-9-10-18-12-17-6-2-3-8-19(17)20(18)13-16/h4-14H,1-3H3;2-11,13H,12H2,1H3. The van der Waals surface area contributed by atoms with Crippen LogP contribution < -0.4 is 0 Å². The molecule has 0 aromatic heterocycles. The molecule has 7 rings (SSSR count). The molecule has 6 aromatic carbocycles. The van der Waals surface area contributed by atoms with Crippen molar-refractivity contribution in [3.8, 4) is 44.5 Å². The molecule has 0 atom stereocenters. The Hall–Kier alpha value is -4.68. The Labute approximate surface area is 245 Å². The first-order valence-corrected chi connectivity index (χ1v) is 14.5. The molecule has 0 amide bonds. The topological polar surface area (TPSA) is 0 Å². The molecule has 0 saturated carbocycles. The van der Waals surface area contributed by atoms with Crippen LogP contribution in [0.15, 0.2) is 133 Å². The van der Waals surface area contributed by atoms with E-state index in [1.54, 1.807) is 0 Å². The lowest BCUT2D eigenvalue weighted by molar-refractivity contribution is 1.26. The van der Waals surface area contributed by atoms with E-state index in [0.29, 0.717) is 0 Å². The van der Waals surface area contributed by atoms with E-state index in [2.05, 4.69) is 161 Å². The molecular formula is C41H36. The largest absolute Gasteiger partial charge is 0.0620 e. The van der Waals surface area contributed by atoms with Crippen molar-refractivity contribution in [1.29, 1.82) is 0 Å². The summed E-state index contributed by atoms with van der Waals surface area (Å²) in [5.41, 5.74) is 18.8. The van der Waals surface area contributed by atoms with E-state index in [-0.39, 0.29) is 0 Å². The molecule has 0 N–H and O–H groups in total. The molecule has 0 saturated heterocycles. The maximum atomic E-state index is 2.34. The zero-order valence-electron chi connectivity index (χ0n) is 24.4. The second kappa shape index (κ2) is 11.4. The van der Waals surface area contributed by atoms with Crippen molar-refractivity contribution >= 4 is 0 Å². The van der Waals surface area contributed by atoms with Gasteiger partial charge in [0.1, 0.15) is 0 Å². The first-order valence-electron chi connectivity index (χ1n) is 14.5. The zero-order valence-corrected chi connectivity index (χ0v) is 24.4. The highest BCUT2D eigenvalue weighted by molar-refractivity contribution is 5.81. The second-order valence-corrected chi connectivity index (χ2v) is 11.3. The van der Waals surface area contributed by atoms with Crippen molar-refractivity contribution in [2.75, 3.05) is 0 Å². The van der Waals surface area contributed by atoms with Crippen LogP contribution >= 0.6 is 0 Å². The van der Waals surface area contributed by atoms with Gasteiger partial charge in [-0.05, 0) is 113 Å². The SMILES string of the molecule is Cc1cccc(-c2ccc(C)c(-c3ccccc3C)c2)c1.Cc1cccc(-c2ccc3c(c2)-c2ccccc2C3)c1. The number of fused-ring (bicyclic) bond motifs is 3. The molecule has 0 aliphatic heterocycles. The van der Waals surface area contributed by atoms with Crippen molar-refractivity contribution in [2.45, 2.75) is 34.1 Å². The molecule has 0 bridgehead atoms. The number of benzene rings is 6. The monoisotopic (exact) mass is 528 g/mol.